The van der Waals surface area contributed by atoms with Gasteiger partial charge in [0.25, 0.3) is 0 Å². The number of primary amides is 1. The molecule has 0 unspecified atom stereocenters. The molecular weight excluding hydrogens is 242 g/mol. The van der Waals surface area contributed by atoms with Gasteiger partial charge in [-0.15, -0.1) is 0 Å². The second kappa shape index (κ2) is 7.41. The molecule has 2 atom stereocenters. The van der Waals surface area contributed by atoms with Gasteiger partial charge in [0, 0.05) is 6.54 Å². The van der Waals surface area contributed by atoms with Crippen molar-refractivity contribution in [3.63, 3.8) is 0 Å². The van der Waals surface area contributed by atoms with Crippen molar-refractivity contribution in [1.29, 1.82) is 0 Å². The fraction of sp³-hybridized carbons (Fsp3) is 0.429. The van der Waals surface area contributed by atoms with Crippen LogP contribution in [0.15, 0.2) is 30.3 Å². The molecular formula is C14H21N3O2. The highest BCUT2D eigenvalue weighted by Gasteiger charge is 2.13. The first-order valence-electron chi connectivity index (χ1n) is 6.39. The lowest BCUT2D eigenvalue weighted by Crippen LogP contribution is -2.47. The number of carbonyl (C=O) groups excluding carboxylic acids is 2. The van der Waals surface area contributed by atoms with E-state index in [2.05, 4.69) is 29.7 Å². The number of hydrogen-bond donors (Lipinski definition) is 3. The van der Waals surface area contributed by atoms with Crippen LogP contribution in [0.1, 0.15) is 31.7 Å². The molecule has 19 heavy (non-hydrogen) atoms. The Bertz CT molecular complexity index is 420. The summed E-state index contributed by atoms with van der Waals surface area (Å²) in [6, 6.07) is 8.83. The molecule has 0 aliphatic carbocycles. The third-order valence-electron chi connectivity index (χ3n) is 3.00. The molecule has 0 spiro atoms. The van der Waals surface area contributed by atoms with E-state index < -0.39 is 12.1 Å². The van der Waals surface area contributed by atoms with Gasteiger partial charge in [-0.2, -0.15) is 0 Å². The lowest BCUT2D eigenvalue weighted by Gasteiger charge is -2.15. The largest absolute Gasteiger partial charge is 0.354 e. The second-order valence-corrected chi connectivity index (χ2v) is 4.62. The van der Waals surface area contributed by atoms with Crippen molar-refractivity contribution in [2.75, 3.05) is 6.54 Å². The molecule has 0 radical (unpaired) electrons. The minimum Gasteiger partial charge on any atom is -0.354 e. The van der Waals surface area contributed by atoms with Crippen molar-refractivity contribution in [2.45, 2.75) is 32.2 Å². The van der Waals surface area contributed by atoms with Crippen molar-refractivity contribution in [3.05, 3.63) is 35.9 Å². The number of urea groups is 1. The number of nitrogens with two attached hydrogens (primary N) is 1. The van der Waals surface area contributed by atoms with Crippen LogP contribution < -0.4 is 16.4 Å². The maximum Gasteiger partial charge on any atom is 0.312 e. The number of rotatable bonds is 6. The Morgan fingerprint density at radius 1 is 1.21 bits per heavy atom. The fourth-order valence-electron chi connectivity index (χ4n) is 1.79. The molecule has 5 heteroatoms. The zero-order chi connectivity index (χ0) is 14.3. The van der Waals surface area contributed by atoms with E-state index >= 15 is 0 Å². The summed E-state index contributed by atoms with van der Waals surface area (Å²) in [5, 5.41) is 5.12. The highest BCUT2D eigenvalue weighted by Crippen LogP contribution is 2.17. The topological polar surface area (TPSA) is 84.2 Å². The van der Waals surface area contributed by atoms with E-state index in [0.29, 0.717) is 12.5 Å². The van der Waals surface area contributed by atoms with E-state index in [1.54, 1.807) is 6.92 Å². The molecule has 0 aliphatic rings. The van der Waals surface area contributed by atoms with Crippen molar-refractivity contribution >= 4 is 11.9 Å². The van der Waals surface area contributed by atoms with Crippen molar-refractivity contribution in [2.24, 2.45) is 5.73 Å². The van der Waals surface area contributed by atoms with Gasteiger partial charge in [0.05, 0.1) is 0 Å². The van der Waals surface area contributed by atoms with E-state index in [0.717, 1.165) is 6.42 Å². The molecule has 104 valence electrons. The Morgan fingerprint density at radius 3 is 2.42 bits per heavy atom. The van der Waals surface area contributed by atoms with Crippen LogP contribution in [0.3, 0.4) is 0 Å². The minimum absolute atomic E-state index is 0.223. The summed E-state index contributed by atoms with van der Waals surface area (Å²) in [5.41, 5.74) is 6.20. The zero-order valence-corrected chi connectivity index (χ0v) is 11.3. The Kier molecular flexibility index (Phi) is 5.85. The molecule has 3 amide bonds. The quantitative estimate of drug-likeness (QED) is 0.724. The average molecular weight is 263 g/mol. The first kappa shape index (κ1) is 15.0. The molecule has 0 fully saturated rings. The Morgan fingerprint density at radius 2 is 1.84 bits per heavy atom. The summed E-state index contributed by atoms with van der Waals surface area (Å²) in [7, 11) is 0. The van der Waals surface area contributed by atoms with Crippen LogP contribution in [0.5, 0.6) is 0 Å². The highest BCUT2D eigenvalue weighted by molar-refractivity contribution is 5.86. The van der Waals surface area contributed by atoms with Crippen LogP contribution in [0, 0.1) is 0 Å². The zero-order valence-electron chi connectivity index (χ0n) is 11.3. The summed E-state index contributed by atoms with van der Waals surface area (Å²) in [4.78, 5) is 22.2. The first-order valence-corrected chi connectivity index (χ1v) is 6.39. The normalized spacial score (nSPS) is 13.4. The van der Waals surface area contributed by atoms with E-state index in [1.807, 2.05) is 18.2 Å². The van der Waals surface area contributed by atoms with Crippen LogP contribution in [0.4, 0.5) is 4.79 Å². The number of benzene rings is 1. The van der Waals surface area contributed by atoms with Crippen LogP contribution in [-0.4, -0.2) is 24.5 Å². The SMILES string of the molecule is C[C@H](NC(N)=O)C(=O)NCC[C@H](C)c1ccccc1. The molecule has 1 aromatic carbocycles. The molecule has 1 aromatic rings. The van der Waals surface area contributed by atoms with Gasteiger partial charge in [-0.05, 0) is 24.8 Å². The van der Waals surface area contributed by atoms with Gasteiger partial charge in [-0.1, -0.05) is 37.3 Å². The Balaban J connectivity index is 2.30. The van der Waals surface area contributed by atoms with Gasteiger partial charge in [0.1, 0.15) is 6.04 Å². The predicted octanol–water partition coefficient (Wildman–Crippen LogP) is 1.35. The van der Waals surface area contributed by atoms with Gasteiger partial charge < -0.3 is 16.4 Å². The predicted molar refractivity (Wildman–Crippen MR) is 74.7 cm³/mol. The van der Waals surface area contributed by atoms with Crippen LogP contribution in [0.25, 0.3) is 0 Å². The maximum absolute atomic E-state index is 11.6. The van der Waals surface area contributed by atoms with E-state index in [9.17, 15) is 9.59 Å². The van der Waals surface area contributed by atoms with Gasteiger partial charge >= 0.3 is 6.03 Å². The van der Waals surface area contributed by atoms with Gasteiger partial charge in [-0.3, -0.25) is 4.79 Å². The maximum atomic E-state index is 11.6. The van der Waals surface area contributed by atoms with Gasteiger partial charge in [0.2, 0.25) is 5.91 Å². The van der Waals surface area contributed by atoms with Crippen molar-refractivity contribution in [3.8, 4) is 0 Å². The highest BCUT2D eigenvalue weighted by atomic mass is 16.2. The van der Waals surface area contributed by atoms with E-state index in [-0.39, 0.29) is 5.91 Å². The third-order valence-corrected chi connectivity index (χ3v) is 3.00. The molecule has 1 rings (SSSR count). The first-order chi connectivity index (χ1) is 9.00. The van der Waals surface area contributed by atoms with Gasteiger partial charge in [0.15, 0.2) is 0 Å². The Hall–Kier alpha value is -2.04. The smallest absolute Gasteiger partial charge is 0.312 e. The number of carbonyl (C=O) groups is 2. The van der Waals surface area contributed by atoms with E-state index in [4.69, 9.17) is 5.73 Å². The molecule has 5 nitrogen and oxygen atoms in total. The molecule has 0 aromatic heterocycles. The van der Waals surface area contributed by atoms with E-state index in [1.165, 1.54) is 5.56 Å². The fourth-order valence-corrected chi connectivity index (χ4v) is 1.79. The summed E-state index contributed by atoms with van der Waals surface area (Å²) >= 11 is 0. The lowest BCUT2D eigenvalue weighted by molar-refractivity contribution is -0.122. The van der Waals surface area contributed by atoms with Crippen LogP contribution in [0.2, 0.25) is 0 Å². The van der Waals surface area contributed by atoms with Crippen LogP contribution in [-0.2, 0) is 4.79 Å². The minimum atomic E-state index is -0.694. The van der Waals surface area contributed by atoms with Crippen LogP contribution >= 0.6 is 0 Å². The number of nitrogens with one attached hydrogen (secondary N) is 2. The molecule has 0 bridgehead atoms. The van der Waals surface area contributed by atoms with Gasteiger partial charge in [-0.25, -0.2) is 4.79 Å². The molecule has 0 saturated carbocycles. The summed E-state index contributed by atoms with van der Waals surface area (Å²) in [6.07, 6.45) is 0.846. The molecule has 0 saturated heterocycles. The lowest BCUT2D eigenvalue weighted by atomic mass is 9.98. The summed E-state index contributed by atoms with van der Waals surface area (Å²) in [6.45, 7) is 4.28. The standard InChI is InChI=1S/C14H21N3O2/c1-10(12-6-4-3-5-7-12)8-9-16-13(18)11(2)17-14(15)19/h3-7,10-11H,8-9H2,1-2H3,(H,16,18)(H3,15,17,19)/t10-,11-/m0/s1. The second-order valence-electron chi connectivity index (χ2n) is 4.62. The molecule has 0 aliphatic heterocycles. The number of amides is 3. The Labute approximate surface area is 113 Å². The summed E-state index contributed by atoms with van der Waals surface area (Å²) < 4.78 is 0. The molecule has 0 heterocycles. The monoisotopic (exact) mass is 263 g/mol. The summed E-state index contributed by atoms with van der Waals surface area (Å²) in [5.74, 6) is 0.153. The molecule has 4 N–H and O–H groups in total. The average Bonchev–Trinajstić information content (AvgIpc) is 2.38. The van der Waals surface area contributed by atoms with Crippen molar-refractivity contribution < 1.29 is 9.59 Å². The third kappa shape index (κ3) is 5.42. The number of hydrogen-bond acceptors (Lipinski definition) is 2. The van der Waals surface area contributed by atoms with Crippen molar-refractivity contribution in [1.82, 2.24) is 10.6 Å².